The molecule has 0 N–H and O–H groups in total. The van der Waals surface area contributed by atoms with Crippen molar-refractivity contribution in [3.8, 4) is 23.0 Å². The van der Waals surface area contributed by atoms with Crippen LogP contribution in [0.5, 0.6) is 23.0 Å². The highest BCUT2D eigenvalue weighted by Gasteiger charge is 2.12. The summed E-state index contributed by atoms with van der Waals surface area (Å²) in [5, 5.41) is 0.407. The Bertz CT molecular complexity index is 1190. The summed E-state index contributed by atoms with van der Waals surface area (Å²) >= 11 is 6.13. The Morgan fingerprint density at radius 3 is 2.12 bits per heavy atom. The van der Waals surface area contributed by atoms with Crippen molar-refractivity contribution in [3.63, 3.8) is 0 Å². The van der Waals surface area contributed by atoms with Crippen LogP contribution in [0, 0.1) is 0 Å². The van der Waals surface area contributed by atoms with Gasteiger partial charge >= 0.3 is 0 Å². The number of halogens is 1. The second-order valence-corrected chi connectivity index (χ2v) is 7.72. The topological polar surface area (TPSA) is 54.0 Å². The molecule has 3 rings (SSSR count). The van der Waals surface area contributed by atoms with Gasteiger partial charge in [0.2, 0.25) is 5.75 Å². The normalized spacial score (nSPS) is 11.1. The van der Waals surface area contributed by atoms with E-state index in [1.807, 2.05) is 54.6 Å². The zero-order valence-corrected chi connectivity index (χ0v) is 20.4. The molecular formula is C28H27ClO5. The number of ketones is 1. The van der Waals surface area contributed by atoms with Gasteiger partial charge < -0.3 is 18.9 Å². The third-order valence-electron chi connectivity index (χ3n) is 5.24. The van der Waals surface area contributed by atoms with E-state index in [2.05, 4.69) is 0 Å². The van der Waals surface area contributed by atoms with Crippen LogP contribution >= 0.6 is 11.6 Å². The van der Waals surface area contributed by atoms with E-state index >= 15 is 0 Å². The molecule has 34 heavy (non-hydrogen) atoms. The average molecular weight is 479 g/mol. The van der Waals surface area contributed by atoms with Crippen molar-refractivity contribution >= 4 is 29.5 Å². The van der Waals surface area contributed by atoms with Gasteiger partial charge in [-0.2, -0.15) is 0 Å². The Kier molecular flexibility index (Phi) is 8.77. The van der Waals surface area contributed by atoms with Gasteiger partial charge in [-0.05, 0) is 59.5 Å². The molecule has 0 amide bonds. The molecule has 0 aromatic heterocycles. The summed E-state index contributed by atoms with van der Waals surface area (Å²) in [5.41, 5.74) is 3.55. The van der Waals surface area contributed by atoms with Crippen LogP contribution in [0.15, 0.2) is 66.7 Å². The number of rotatable bonds is 10. The number of methoxy groups -OCH3 is 4. The minimum absolute atomic E-state index is 0.116. The van der Waals surface area contributed by atoms with Crippen molar-refractivity contribution < 1.29 is 23.7 Å². The van der Waals surface area contributed by atoms with Gasteiger partial charge in [0.1, 0.15) is 5.75 Å². The van der Waals surface area contributed by atoms with Crippen LogP contribution in [0.1, 0.15) is 27.0 Å². The van der Waals surface area contributed by atoms with Gasteiger partial charge in [-0.3, -0.25) is 4.79 Å². The molecule has 0 aliphatic rings. The number of hydrogen-bond acceptors (Lipinski definition) is 5. The number of carbonyl (C=O) groups excluding carboxylic acids is 1. The quantitative estimate of drug-likeness (QED) is 0.188. The second-order valence-electron chi connectivity index (χ2n) is 7.31. The molecule has 3 aromatic carbocycles. The van der Waals surface area contributed by atoms with Gasteiger partial charge in [0.05, 0.1) is 33.5 Å². The Balaban J connectivity index is 1.77. The third kappa shape index (κ3) is 6.00. The lowest BCUT2D eigenvalue weighted by Crippen LogP contribution is -1.96. The molecule has 0 bridgehead atoms. The molecule has 0 radical (unpaired) electrons. The molecule has 0 unspecified atom stereocenters. The minimum atomic E-state index is -0.116. The maximum atomic E-state index is 12.5. The van der Waals surface area contributed by atoms with E-state index in [-0.39, 0.29) is 5.78 Å². The minimum Gasteiger partial charge on any atom is -0.495 e. The smallest absolute Gasteiger partial charge is 0.203 e. The fourth-order valence-corrected chi connectivity index (χ4v) is 3.73. The fourth-order valence-electron chi connectivity index (χ4n) is 3.48. The Hall–Kier alpha value is -3.70. The Labute approximate surface area is 205 Å². The summed E-state index contributed by atoms with van der Waals surface area (Å²) in [6, 6.07) is 16.8. The molecular weight excluding hydrogens is 452 g/mol. The molecule has 0 saturated carbocycles. The van der Waals surface area contributed by atoms with Gasteiger partial charge in [-0.15, -0.1) is 0 Å². The fraction of sp³-hybridized carbons (Fsp3) is 0.179. The van der Waals surface area contributed by atoms with E-state index in [4.69, 9.17) is 30.5 Å². The van der Waals surface area contributed by atoms with Crippen LogP contribution in [-0.4, -0.2) is 34.2 Å². The molecule has 6 heteroatoms. The molecule has 0 saturated heterocycles. The SMILES string of the molecule is COc1ccc(C(=O)/C=C\Cc2ccccc2/C=C\c2cc(OC)c(OC)c(OC)c2)cc1Cl. The molecule has 0 heterocycles. The van der Waals surface area contributed by atoms with Crippen LogP contribution < -0.4 is 18.9 Å². The maximum absolute atomic E-state index is 12.5. The monoisotopic (exact) mass is 478 g/mol. The van der Waals surface area contributed by atoms with Gasteiger partial charge in [0.25, 0.3) is 0 Å². The summed E-state index contributed by atoms with van der Waals surface area (Å²) in [6.07, 6.45) is 8.03. The van der Waals surface area contributed by atoms with Crippen LogP contribution in [0.2, 0.25) is 5.02 Å². The van der Waals surface area contributed by atoms with E-state index in [1.165, 1.54) is 7.11 Å². The van der Waals surface area contributed by atoms with Crippen molar-refractivity contribution in [3.05, 3.63) is 94.0 Å². The second kappa shape index (κ2) is 12.0. The average Bonchev–Trinajstić information content (AvgIpc) is 2.87. The van der Waals surface area contributed by atoms with Gasteiger partial charge in [0, 0.05) is 5.56 Å². The van der Waals surface area contributed by atoms with E-state index < -0.39 is 0 Å². The van der Waals surface area contributed by atoms with Gasteiger partial charge in [-0.25, -0.2) is 0 Å². The molecule has 0 spiro atoms. The van der Waals surface area contributed by atoms with E-state index in [0.29, 0.717) is 40.0 Å². The van der Waals surface area contributed by atoms with Crippen molar-refractivity contribution in [2.45, 2.75) is 6.42 Å². The summed E-state index contributed by atoms with van der Waals surface area (Å²) < 4.78 is 21.4. The largest absolute Gasteiger partial charge is 0.495 e. The first-order valence-electron chi connectivity index (χ1n) is 10.6. The van der Waals surface area contributed by atoms with Crippen LogP contribution in [0.4, 0.5) is 0 Å². The van der Waals surface area contributed by atoms with Crippen molar-refractivity contribution in [1.29, 1.82) is 0 Å². The Morgan fingerprint density at radius 1 is 0.824 bits per heavy atom. The predicted molar refractivity (Wildman–Crippen MR) is 137 cm³/mol. The third-order valence-corrected chi connectivity index (χ3v) is 5.54. The lowest BCUT2D eigenvalue weighted by Gasteiger charge is -2.13. The zero-order chi connectivity index (χ0) is 24.5. The molecule has 0 aliphatic heterocycles. The highest BCUT2D eigenvalue weighted by atomic mass is 35.5. The number of ether oxygens (including phenoxy) is 4. The molecule has 5 nitrogen and oxygen atoms in total. The van der Waals surface area contributed by atoms with Gasteiger partial charge in [-0.1, -0.05) is 54.1 Å². The first kappa shape index (κ1) is 24.9. The van der Waals surface area contributed by atoms with Gasteiger partial charge in [0.15, 0.2) is 17.3 Å². The number of benzene rings is 3. The lowest BCUT2D eigenvalue weighted by molar-refractivity contribution is 0.104. The summed E-state index contributed by atoms with van der Waals surface area (Å²) in [6.45, 7) is 0. The van der Waals surface area contributed by atoms with Crippen LogP contribution in [0.3, 0.4) is 0 Å². The highest BCUT2D eigenvalue weighted by Crippen LogP contribution is 2.38. The first-order chi connectivity index (χ1) is 16.5. The number of allylic oxidation sites excluding steroid dienone is 2. The number of carbonyl (C=O) groups is 1. The summed E-state index contributed by atoms with van der Waals surface area (Å²) in [7, 11) is 6.30. The standard InChI is InChI=1S/C28H27ClO5/c1-31-25-15-14-22(18-23(25)29)24(30)11-7-10-20-8-5-6-9-21(20)13-12-19-16-26(32-2)28(34-4)27(17-19)33-3/h5-9,11-18H,10H2,1-4H3/b11-7-,13-12-. The Morgan fingerprint density at radius 2 is 1.50 bits per heavy atom. The summed E-state index contributed by atoms with van der Waals surface area (Å²) in [4.78, 5) is 12.5. The van der Waals surface area contributed by atoms with E-state index in [1.54, 1.807) is 45.6 Å². The van der Waals surface area contributed by atoms with Crippen molar-refractivity contribution in [1.82, 2.24) is 0 Å². The molecule has 0 aliphatic carbocycles. The van der Waals surface area contributed by atoms with Crippen LogP contribution in [-0.2, 0) is 6.42 Å². The van der Waals surface area contributed by atoms with E-state index in [9.17, 15) is 4.79 Å². The van der Waals surface area contributed by atoms with Crippen molar-refractivity contribution in [2.75, 3.05) is 28.4 Å². The first-order valence-corrected chi connectivity index (χ1v) is 11.0. The zero-order valence-electron chi connectivity index (χ0n) is 19.6. The van der Waals surface area contributed by atoms with Crippen LogP contribution in [0.25, 0.3) is 12.2 Å². The summed E-state index contributed by atoms with van der Waals surface area (Å²) in [5.74, 6) is 2.16. The highest BCUT2D eigenvalue weighted by molar-refractivity contribution is 6.32. The number of hydrogen-bond donors (Lipinski definition) is 0. The maximum Gasteiger partial charge on any atom is 0.203 e. The van der Waals surface area contributed by atoms with E-state index in [0.717, 1.165) is 16.7 Å². The molecule has 176 valence electrons. The van der Waals surface area contributed by atoms with Crippen molar-refractivity contribution in [2.24, 2.45) is 0 Å². The molecule has 0 atom stereocenters. The predicted octanol–water partition coefficient (Wildman–Crippen LogP) is 6.53. The molecule has 3 aromatic rings. The lowest BCUT2D eigenvalue weighted by atomic mass is 10.0. The molecule has 0 fully saturated rings.